The van der Waals surface area contributed by atoms with Crippen molar-refractivity contribution in [2.45, 2.75) is 31.2 Å². The van der Waals surface area contributed by atoms with E-state index in [0.29, 0.717) is 29.4 Å². The summed E-state index contributed by atoms with van der Waals surface area (Å²) in [4.78, 5) is 12.1. The molecular weight excluding hydrogens is 288 g/mol. The maximum atomic E-state index is 11.6. The number of alkyl halides is 1. The fourth-order valence-corrected chi connectivity index (χ4v) is 1.50. The Morgan fingerprint density at radius 2 is 2.47 bits per heavy atom. The zero-order chi connectivity index (χ0) is 12.7. The van der Waals surface area contributed by atoms with Crippen LogP contribution >= 0.6 is 15.9 Å². The van der Waals surface area contributed by atoms with Gasteiger partial charge in [-0.3, -0.25) is 4.79 Å². The van der Waals surface area contributed by atoms with Gasteiger partial charge in [-0.2, -0.15) is 0 Å². The smallest absolute Gasteiger partial charge is 0.273 e. The molecule has 0 saturated carbocycles. The molecule has 0 aromatic carbocycles. The Balaban J connectivity index is 2.36. The second-order valence-corrected chi connectivity index (χ2v) is 4.96. The van der Waals surface area contributed by atoms with E-state index in [4.69, 9.17) is 9.26 Å². The van der Waals surface area contributed by atoms with Crippen molar-refractivity contribution in [2.75, 3.05) is 13.7 Å². The minimum atomic E-state index is -0.216. The minimum absolute atomic E-state index is 0.216. The summed E-state index contributed by atoms with van der Waals surface area (Å²) in [5.74, 6) is 0.330. The van der Waals surface area contributed by atoms with Crippen molar-refractivity contribution < 1.29 is 14.1 Å². The SMILES string of the molecule is CCC(Br)CCNC(=O)c1cc(COC)on1. The number of halogens is 1. The highest BCUT2D eigenvalue weighted by atomic mass is 79.9. The van der Waals surface area contributed by atoms with Gasteiger partial charge in [0.2, 0.25) is 0 Å². The second kappa shape index (κ2) is 7.45. The molecule has 1 N–H and O–H groups in total. The van der Waals surface area contributed by atoms with Crippen molar-refractivity contribution in [1.29, 1.82) is 0 Å². The number of aromatic nitrogens is 1. The first kappa shape index (κ1) is 14.2. The van der Waals surface area contributed by atoms with E-state index in [1.807, 2.05) is 0 Å². The number of carbonyl (C=O) groups is 1. The highest BCUT2D eigenvalue weighted by Gasteiger charge is 2.12. The number of ether oxygens (including phenoxy) is 1. The third kappa shape index (κ3) is 4.87. The molecule has 5 nitrogen and oxygen atoms in total. The molecule has 1 heterocycles. The molecule has 1 rings (SSSR count). The molecule has 0 spiro atoms. The van der Waals surface area contributed by atoms with Crippen LogP contribution in [0.1, 0.15) is 36.0 Å². The molecule has 6 heteroatoms. The summed E-state index contributed by atoms with van der Waals surface area (Å²) in [5, 5.41) is 6.46. The van der Waals surface area contributed by atoms with Gasteiger partial charge in [-0.25, -0.2) is 0 Å². The van der Waals surface area contributed by atoms with Crippen molar-refractivity contribution >= 4 is 21.8 Å². The molecule has 0 aliphatic carbocycles. The lowest BCUT2D eigenvalue weighted by molar-refractivity contribution is 0.0943. The van der Waals surface area contributed by atoms with E-state index < -0.39 is 0 Å². The fraction of sp³-hybridized carbons (Fsp3) is 0.636. The van der Waals surface area contributed by atoms with Crippen LogP contribution in [-0.2, 0) is 11.3 Å². The lowest BCUT2D eigenvalue weighted by atomic mass is 10.2. The first-order valence-corrected chi connectivity index (χ1v) is 6.45. The topological polar surface area (TPSA) is 64.4 Å². The molecular formula is C11H17BrN2O3. The van der Waals surface area contributed by atoms with Gasteiger partial charge >= 0.3 is 0 Å². The average molecular weight is 305 g/mol. The molecule has 1 unspecified atom stereocenters. The molecule has 0 aliphatic heterocycles. The van der Waals surface area contributed by atoms with Crippen LogP contribution in [0, 0.1) is 0 Å². The molecule has 0 saturated heterocycles. The summed E-state index contributed by atoms with van der Waals surface area (Å²) < 4.78 is 9.81. The van der Waals surface area contributed by atoms with Gasteiger partial charge in [-0.1, -0.05) is 28.0 Å². The van der Waals surface area contributed by atoms with Gasteiger partial charge in [0.1, 0.15) is 6.61 Å². The van der Waals surface area contributed by atoms with E-state index >= 15 is 0 Å². The van der Waals surface area contributed by atoms with E-state index in [9.17, 15) is 4.79 Å². The van der Waals surface area contributed by atoms with Crippen LogP contribution in [0.2, 0.25) is 0 Å². The predicted molar refractivity (Wildman–Crippen MR) is 67.2 cm³/mol. The zero-order valence-corrected chi connectivity index (χ0v) is 11.6. The number of nitrogens with one attached hydrogen (secondary N) is 1. The summed E-state index contributed by atoms with van der Waals surface area (Å²) in [7, 11) is 1.56. The van der Waals surface area contributed by atoms with Gasteiger partial charge in [0.05, 0.1) is 0 Å². The van der Waals surface area contributed by atoms with E-state index in [-0.39, 0.29) is 5.91 Å². The Morgan fingerprint density at radius 1 is 1.71 bits per heavy atom. The van der Waals surface area contributed by atoms with E-state index in [1.54, 1.807) is 13.2 Å². The molecule has 1 aromatic heterocycles. The summed E-state index contributed by atoms with van der Waals surface area (Å²) in [6.07, 6.45) is 1.93. The van der Waals surface area contributed by atoms with Crippen LogP contribution in [-0.4, -0.2) is 29.5 Å². The van der Waals surface area contributed by atoms with Gasteiger partial charge < -0.3 is 14.6 Å². The first-order chi connectivity index (χ1) is 8.17. The van der Waals surface area contributed by atoms with Gasteiger partial charge in [0.15, 0.2) is 11.5 Å². The Labute approximate surface area is 109 Å². The van der Waals surface area contributed by atoms with Gasteiger partial charge in [-0.15, -0.1) is 0 Å². The Kier molecular flexibility index (Phi) is 6.21. The van der Waals surface area contributed by atoms with Gasteiger partial charge in [0.25, 0.3) is 5.91 Å². The zero-order valence-electron chi connectivity index (χ0n) is 10.0. The summed E-state index contributed by atoms with van der Waals surface area (Å²) >= 11 is 3.51. The second-order valence-electron chi connectivity index (χ2n) is 3.66. The first-order valence-electron chi connectivity index (χ1n) is 5.54. The maximum absolute atomic E-state index is 11.6. The monoisotopic (exact) mass is 304 g/mol. The highest BCUT2D eigenvalue weighted by molar-refractivity contribution is 9.09. The van der Waals surface area contributed by atoms with Crippen LogP contribution < -0.4 is 5.32 Å². The van der Waals surface area contributed by atoms with Crippen molar-refractivity contribution in [3.63, 3.8) is 0 Å². The van der Waals surface area contributed by atoms with E-state index in [0.717, 1.165) is 12.8 Å². The predicted octanol–water partition coefficient (Wildman–Crippen LogP) is 2.11. The molecule has 96 valence electrons. The summed E-state index contributed by atoms with van der Waals surface area (Å²) in [6.45, 7) is 3.03. The van der Waals surface area contributed by atoms with Crippen molar-refractivity contribution in [3.8, 4) is 0 Å². The van der Waals surface area contributed by atoms with Crippen LogP contribution in [0.15, 0.2) is 10.6 Å². The number of hydrogen-bond acceptors (Lipinski definition) is 4. The molecule has 0 radical (unpaired) electrons. The lowest BCUT2D eigenvalue weighted by Crippen LogP contribution is -2.26. The average Bonchev–Trinajstić information content (AvgIpc) is 2.78. The third-order valence-electron chi connectivity index (χ3n) is 2.26. The van der Waals surface area contributed by atoms with Crippen LogP contribution in [0.4, 0.5) is 0 Å². The highest BCUT2D eigenvalue weighted by Crippen LogP contribution is 2.08. The fourth-order valence-electron chi connectivity index (χ4n) is 1.27. The van der Waals surface area contributed by atoms with Crippen LogP contribution in [0.3, 0.4) is 0 Å². The van der Waals surface area contributed by atoms with E-state index in [1.165, 1.54) is 0 Å². The molecule has 1 amide bonds. The largest absolute Gasteiger partial charge is 0.377 e. The van der Waals surface area contributed by atoms with Crippen molar-refractivity contribution in [2.24, 2.45) is 0 Å². The number of methoxy groups -OCH3 is 1. The normalized spacial score (nSPS) is 12.4. The summed E-state index contributed by atoms with van der Waals surface area (Å²) in [5.41, 5.74) is 0.291. The molecule has 0 fully saturated rings. The quantitative estimate of drug-likeness (QED) is 0.784. The molecule has 1 atom stereocenters. The third-order valence-corrected chi connectivity index (χ3v) is 3.37. The number of amides is 1. The molecule has 0 aliphatic rings. The maximum Gasteiger partial charge on any atom is 0.273 e. The van der Waals surface area contributed by atoms with Crippen molar-refractivity contribution in [3.05, 3.63) is 17.5 Å². The summed E-state index contributed by atoms with van der Waals surface area (Å²) in [6, 6.07) is 1.59. The molecule has 17 heavy (non-hydrogen) atoms. The number of carbonyl (C=O) groups excluding carboxylic acids is 1. The van der Waals surface area contributed by atoms with Gasteiger partial charge in [0, 0.05) is 24.5 Å². The van der Waals surface area contributed by atoms with Crippen molar-refractivity contribution in [1.82, 2.24) is 10.5 Å². The van der Waals surface area contributed by atoms with E-state index in [2.05, 4.69) is 33.3 Å². The molecule has 1 aromatic rings. The van der Waals surface area contributed by atoms with Gasteiger partial charge in [-0.05, 0) is 12.8 Å². The van der Waals surface area contributed by atoms with Crippen LogP contribution in [0.5, 0.6) is 0 Å². The number of rotatable bonds is 7. The number of hydrogen-bond donors (Lipinski definition) is 1. The Morgan fingerprint density at radius 3 is 3.12 bits per heavy atom. The lowest BCUT2D eigenvalue weighted by Gasteiger charge is -2.06. The Bertz CT molecular complexity index is 354. The number of nitrogens with zero attached hydrogens (tertiary/aromatic N) is 1. The molecule has 0 bridgehead atoms. The Hall–Kier alpha value is -0.880. The standard InChI is InChI=1S/C11H17BrN2O3/c1-3-8(12)4-5-13-11(15)10-6-9(7-16-2)17-14-10/h6,8H,3-5,7H2,1-2H3,(H,13,15). The minimum Gasteiger partial charge on any atom is -0.377 e. The van der Waals surface area contributed by atoms with Crippen LogP contribution in [0.25, 0.3) is 0 Å².